The van der Waals surface area contributed by atoms with Gasteiger partial charge in [-0.05, 0) is 31.5 Å². The number of carbonyl (C=O) groups excluding carboxylic acids is 1. The zero-order valence-electron chi connectivity index (χ0n) is 13.7. The van der Waals surface area contributed by atoms with Gasteiger partial charge in [-0.25, -0.2) is 4.68 Å². The van der Waals surface area contributed by atoms with Crippen LogP contribution in [0.1, 0.15) is 16.8 Å². The lowest BCUT2D eigenvalue weighted by Crippen LogP contribution is -2.38. The molecule has 0 saturated carbocycles. The number of aryl methyl sites for hydroxylation is 1. The second kappa shape index (κ2) is 7.38. The molecular weight excluding hydrogens is 304 g/mol. The number of hydrogen-bond acceptors (Lipinski definition) is 4. The van der Waals surface area contributed by atoms with Gasteiger partial charge in [0.15, 0.2) is 0 Å². The van der Waals surface area contributed by atoms with Crippen molar-refractivity contribution < 1.29 is 4.79 Å². The molecule has 6 nitrogen and oxygen atoms in total. The Bertz CT molecular complexity index is 863. The van der Waals surface area contributed by atoms with Gasteiger partial charge in [-0.1, -0.05) is 24.3 Å². The van der Waals surface area contributed by atoms with Crippen molar-refractivity contribution in [2.45, 2.75) is 20.4 Å². The number of hydrogen-bond donors (Lipinski definition) is 0. The number of amides is 1. The lowest BCUT2D eigenvalue weighted by atomic mass is 10.1. The van der Waals surface area contributed by atoms with Crippen molar-refractivity contribution in [3.05, 3.63) is 70.2 Å². The van der Waals surface area contributed by atoms with Crippen LogP contribution in [0.2, 0.25) is 0 Å². The molecule has 1 heterocycles. The van der Waals surface area contributed by atoms with Crippen LogP contribution >= 0.6 is 0 Å². The number of para-hydroxylation sites is 1. The molecule has 0 unspecified atom stereocenters. The predicted molar refractivity (Wildman–Crippen MR) is 91.7 cm³/mol. The number of rotatable bonds is 5. The first-order valence-corrected chi connectivity index (χ1v) is 7.44. The van der Waals surface area contributed by atoms with E-state index in [1.54, 1.807) is 32.1 Å². The second-order valence-electron chi connectivity index (χ2n) is 5.29. The highest BCUT2D eigenvalue weighted by Gasteiger charge is 2.18. The van der Waals surface area contributed by atoms with Gasteiger partial charge < -0.3 is 4.90 Å². The Hall–Kier alpha value is -3.20. The summed E-state index contributed by atoms with van der Waals surface area (Å²) in [7, 11) is 0. The van der Waals surface area contributed by atoms with Gasteiger partial charge in [-0.15, -0.1) is 6.58 Å². The minimum Gasteiger partial charge on any atom is -0.307 e. The van der Waals surface area contributed by atoms with E-state index in [4.69, 9.17) is 5.26 Å². The summed E-state index contributed by atoms with van der Waals surface area (Å²) in [6, 6.07) is 11.0. The van der Waals surface area contributed by atoms with Crippen molar-refractivity contribution >= 4 is 11.6 Å². The third kappa shape index (κ3) is 3.41. The SMILES string of the molecule is C=CCN(C(=O)Cn1nc(C)c(C)c(C#N)c1=O)c1ccccc1. The van der Waals surface area contributed by atoms with Crippen LogP contribution in [0.5, 0.6) is 0 Å². The van der Waals surface area contributed by atoms with E-state index in [0.29, 0.717) is 23.5 Å². The van der Waals surface area contributed by atoms with Crippen LogP contribution in [0, 0.1) is 25.2 Å². The molecule has 0 N–H and O–H groups in total. The van der Waals surface area contributed by atoms with E-state index >= 15 is 0 Å². The van der Waals surface area contributed by atoms with E-state index in [1.807, 2.05) is 24.3 Å². The summed E-state index contributed by atoms with van der Waals surface area (Å²) in [4.78, 5) is 26.5. The molecule has 0 spiro atoms. The first-order chi connectivity index (χ1) is 11.5. The Balaban J connectivity index is 2.38. The van der Waals surface area contributed by atoms with E-state index < -0.39 is 5.56 Å². The van der Waals surface area contributed by atoms with Gasteiger partial charge in [-0.2, -0.15) is 10.4 Å². The molecule has 0 atom stereocenters. The Morgan fingerprint density at radius 3 is 2.62 bits per heavy atom. The van der Waals surface area contributed by atoms with Gasteiger partial charge in [0.05, 0.1) is 5.69 Å². The maximum Gasteiger partial charge on any atom is 0.285 e. The molecule has 1 aromatic heterocycles. The number of nitrogens with zero attached hydrogens (tertiary/aromatic N) is 4. The largest absolute Gasteiger partial charge is 0.307 e. The molecule has 0 aliphatic rings. The van der Waals surface area contributed by atoms with Crippen molar-refractivity contribution in [3.8, 4) is 6.07 Å². The quantitative estimate of drug-likeness (QED) is 0.788. The van der Waals surface area contributed by atoms with Crippen molar-refractivity contribution in [3.63, 3.8) is 0 Å². The maximum absolute atomic E-state index is 12.6. The van der Waals surface area contributed by atoms with E-state index in [-0.39, 0.29) is 18.0 Å². The van der Waals surface area contributed by atoms with Crippen molar-refractivity contribution in [2.24, 2.45) is 0 Å². The predicted octanol–water partition coefficient (Wildman–Crippen LogP) is 1.95. The number of anilines is 1. The van der Waals surface area contributed by atoms with Crippen molar-refractivity contribution in [1.29, 1.82) is 5.26 Å². The van der Waals surface area contributed by atoms with Gasteiger partial charge in [0.25, 0.3) is 5.56 Å². The highest BCUT2D eigenvalue weighted by molar-refractivity contribution is 5.93. The first-order valence-electron chi connectivity index (χ1n) is 7.44. The third-order valence-corrected chi connectivity index (χ3v) is 3.71. The van der Waals surface area contributed by atoms with Crippen LogP contribution in [-0.4, -0.2) is 22.2 Å². The zero-order chi connectivity index (χ0) is 17.7. The second-order valence-corrected chi connectivity index (χ2v) is 5.29. The Kier molecular flexibility index (Phi) is 5.27. The summed E-state index contributed by atoms with van der Waals surface area (Å²) >= 11 is 0. The fourth-order valence-electron chi connectivity index (χ4n) is 2.31. The van der Waals surface area contributed by atoms with Gasteiger partial charge in [0.1, 0.15) is 18.2 Å². The standard InChI is InChI=1S/C18H18N4O2/c1-4-10-21(15-8-6-5-7-9-15)17(23)12-22-18(24)16(11-19)13(2)14(3)20-22/h4-9H,1,10,12H2,2-3H3. The van der Waals surface area contributed by atoms with E-state index in [0.717, 1.165) is 4.68 Å². The third-order valence-electron chi connectivity index (χ3n) is 3.71. The van der Waals surface area contributed by atoms with E-state index in [9.17, 15) is 9.59 Å². The molecule has 1 amide bonds. The van der Waals surface area contributed by atoms with Gasteiger partial charge in [-0.3, -0.25) is 9.59 Å². The minimum atomic E-state index is -0.555. The van der Waals surface area contributed by atoms with E-state index in [1.165, 1.54) is 4.90 Å². The Morgan fingerprint density at radius 1 is 1.38 bits per heavy atom. The Morgan fingerprint density at radius 2 is 2.04 bits per heavy atom. The zero-order valence-corrected chi connectivity index (χ0v) is 13.7. The molecule has 0 radical (unpaired) electrons. The number of benzene rings is 1. The molecule has 2 aromatic rings. The molecule has 0 aliphatic carbocycles. The maximum atomic E-state index is 12.6. The smallest absolute Gasteiger partial charge is 0.285 e. The van der Waals surface area contributed by atoms with E-state index in [2.05, 4.69) is 11.7 Å². The fourth-order valence-corrected chi connectivity index (χ4v) is 2.31. The fraction of sp³-hybridized carbons (Fsp3) is 0.222. The van der Waals surface area contributed by atoms with Crippen molar-refractivity contribution in [1.82, 2.24) is 9.78 Å². The highest BCUT2D eigenvalue weighted by atomic mass is 16.2. The monoisotopic (exact) mass is 322 g/mol. The minimum absolute atomic E-state index is 0.0188. The first kappa shape index (κ1) is 17.2. The summed E-state index contributed by atoms with van der Waals surface area (Å²) in [6.45, 7) is 7.11. The lowest BCUT2D eigenvalue weighted by Gasteiger charge is -2.21. The molecular formula is C18H18N4O2. The molecule has 0 bridgehead atoms. The summed E-state index contributed by atoms with van der Waals surface area (Å²) in [6.07, 6.45) is 1.61. The molecule has 2 rings (SSSR count). The lowest BCUT2D eigenvalue weighted by molar-refractivity contribution is -0.119. The van der Waals surface area contributed by atoms with Gasteiger partial charge in [0.2, 0.25) is 5.91 Å². The molecule has 0 saturated heterocycles. The molecule has 24 heavy (non-hydrogen) atoms. The average molecular weight is 322 g/mol. The van der Waals surface area contributed by atoms with Crippen LogP contribution < -0.4 is 10.5 Å². The summed E-state index contributed by atoms with van der Waals surface area (Å²) in [5.74, 6) is -0.303. The van der Waals surface area contributed by atoms with Crippen LogP contribution in [0.3, 0.4) is 0 Å². The number of carbonyl (C=O) groups is 1. The normalized spacial score (nSPS) is 10.0. The molecule has 122 valence electrons. The molecule has 0 fully saturated rings. The molecule has 0 aliphatic heterocycles. The number of aromatic nitrogens is 2. The van der Waals surface area contributed by atoms with Gasteiger partial charge >= 0.3 is 0 Å². The molecule has 6 heteroatoms. The summed E-state index contributed by atoms with van der Waals surface area (Å²) in [5.41, 5.74) is 1.26. The molecule has 1 aromatic carbocycles. The summed E-state index contributed by atoms with van der Waals surface area (Å²) < 4.78 is 1.04. The topological polar surface area (TPSA) is 79.0 Å². The number of nitriles is 1. The Labute approximate surface area is 140 Å². The van der Waals surface area contributed by atoms with Crippen LogP contribution in [-0.2, 0) is 11.3 Å². The van der Waals surface area contributed by atoms with Crippen molar-refractivity contribution in [2.75, 3.05) is 11.4 Å². The van der Waals surface area contributed by atoms with Gasteiger partial charge in [0, 0.05) is 12.2 Å². The summed E-state index contributed by atoms with van der Waals surface area (Å²) in [5, 5.41) is 13.3. The van der Waals surface area contributed by atoms with Crippen LogP contribution in [0.15, 0.2) is 47.8 Å². The van der Waals surface area contributed by atoms with Crippen LogP contribution in [0.25, 0.3) is 0 Å². The highest BCUT2D eigenvalue weighted by Crippen LogP contribution is 2.14. The van der Waals surface area contributed by atoms with Crippen LogP contribution in [0.4, 0.5) is 5.69 Å². The average Bonchev–Trinajstić information content (AvgIpc) is 2.58.